The second-order valence-electron chi connectivity index (χ2n) is 3.98. The molecule has 0 saturated carbocycles. The van der Waals surface area contributed by atoms with Crippen molar-refractivity contribution in [3.8, 4) is 0 Å². The molecule has 1 amide bonds. The summed E-state index contributed by atoms with van der Waals surface area (Å²) in [6.45, 7) is 2.51. The van der Waals surface area contributed by atoms with Crippen LogP contribution in [0.1, 0.15) is 37.9 Å². The van der Waals surface area contributed by atoms with E-state index in [1.807, 2.05) is 23.1 Å². The van der Waals surface area contributed by atoms with Gasteiger partial charge in [0.2, 0.25) is 5.91 Å². The molecular weight excluding hydrogens is 188 g/mol. The van der Waals surface area contributed by atoms with Gasteiger partial charge in [-0.2, -0.15) is 0 Å². The van der Waals surface area contributed by atoms with Crippen molar-refractivity contribution in [2.45, 2.75) is 32.2 Å². The molecular formula is C12H16N2O. The molecule has 1 aromatic heterocycles. The van der Waals surface area contributed by atoms with E-state index in [4.69, 9.17) is 0 Å². The highest BCUT2D eigenvalue weighted by Gasteiger charge is 2.26. The van der Waals surface area contributed by atoms with Crippen molar-refractivity contribution in [3.63, 3.8) is 0 Å². The maximum atomic E-state index is 11.5. The van der Waals surface area contributed by atoms with Gasteiger partial charge >= 0.3 is 0 Å². The van der Waals surface area contributed by atoms with Crippen molar-refractivity contribution in [2.75, 3.05) is 6.54 Å². The van der Waals surface area contributed by atoms with Gasteiger partial charge < -0.3 is 4.90 Å². The van der Waals surface area contributed by atoms with Gasteiger partial charge in [0.1, 0.15) is 0 Å². The van der Waals surface area contributed by atoms with Crippen molar-refractivity contribution in [3.05, 3.63) is 30.1 Å². The molecule has 0 radical (unpaired) electrons. The number of rotatable bonds is 1. The van der Waals surface area contributed by atoms with Gasteiger partial charge in [0.05, 0.1) is 11.7 Å². The lowest BCUT2D eigenvalue weighted by Gasteiger charge is -2.34. The average molecular weight is 204 g/mol. The zero-order valence-corrected chi connectivity index (χ0v) is 9.02. The summed E-state index contributed by atoms with van der Waals surface area (Å²) in [7, 11) is 0. The number of aromatic nitrogens is 1. The topological polar surface area (TPSA) is 33.2 Å². The zero-order valence-electron chi connectivity index (χ0n) is 9.02. The van der Waals surface area contributed by atoms with Crippen LogP contribution < -0.4 is 0 Å². The molecule has 0 N–H and O–H groups in total. The summed E-state index contributed by atoms with van der Waals surface area (Å²) in [5.74, 6) is 0.158. The Hall–Kier alpha value is -1.38. The lowest BCUT2D eigenvalue weighted by molar-refractivity contribution is -0.132. The van der Waals surface area contributed by atoms with E-state index in [0.717, 1.165) is 25.1 Å². The Morgan fingerprint density at radius 3 is 3.00 bits per heavy atom. The van der Waals surface area contributed by atoms with Crippen LogP contribution in [-0.4, -0.2) is 22.3 Å². The second-order valence-corrected chi connectivity index (χ2v) is 3.98. The summed E-state index contributed by atoms with van der Waals surface area (Å²) >= 11 is 0. The number of likely N-dealkylation sites (tertiary alicyclic amines) is 1. The smallest absolute Gasteiger partial charge is 0.220 e. The molecule has 3 nitrogen and oxygen atoms in total. The number of carbonyl (C=O) groups excluding carboxylic acids is 1. The van der Waals surface area contributed by atoms with Crippen molar-refractivity contribution in [1.82, 2.24) is 9.88 Å². The molecule has 3 heteroatoms. The van der Waals surface area contributed by atoms with Crippen LogP contribution in [0.2, 0.25) is 0 Å². The molecule has 0 aliphatic carbocycles. The van der Waals surface area contributed by atoms with Gasteiger partial charge in [-0.3, -0.25) is 9.78 Å². The molecule has 80 valence electrons. The monoisotopic (exact) mass is 204 g/mol. The largest absolute Gasteiger partial charge is 0.334 e. The van der Waals surface area contributed by atoms with Gasteiger partial charge in [-0.25, -0.2) is 0 Å². The summed E-state index contributed by atoms with van der Waals surface area (Å²) < 4.78 is 0. The summed E-state index contributed by atoms with van der Waals surface area (Å²) in [5, 5.41) is 0. The molecule has 1 aliphatic heterocycles. The maximum Gasteiger partial charge on any atom is 0.220 e. The predicted molar refractivity (Wildman–Crippen MR) is 58.2 cm³/mol. The highest BCUT2D eigenvalue weighted by atomic mass is 16.2. The minimum Gasteiger partial charge on any atom is -0.334 e. The first kappa shape index (κ1) is 10.1. The Bertz CT molecular complexity index is 337. The van der Waals surface area contributed by atoms with Crippen LogP contribution in [0.4, 0.5) is 0 Å². The van der Waals surface area contributed by atoms with E-state index in [-0.39, 0.29) is 11.9 Å². The van der Waals surface area contributed by atoms with E-state index in [2.05, 4.69) is 4.98 Å². The second kappa shape index (κ2) is 4.43. The fourth-order valence-corrected chi connectivity index (χ4v) is 2.19. The van der Waals surface area contributed by atoms with Crippen LogP contribution in [0.3, 0.4) is 0 Å². The van der Waals surface area contributed by atoms with Gasteiger partial charge in [-0.15, -0.1) is 0 Å². The standard InChI is InChI=1S/C12H16N2O/c1-10(15)14-9-5-3-7-12(14)11-6-2-4-8-13-11/h2,4,6,8,12H,3,5,7,9H2,1H3/t12-/m1/s1. The Morgan fingerprint density at radius 1 is 1.47 bits per heavy atom. The molecule has 1 fully saturated rings. The third-order valence-corrected chi connectivity index (χ3v) is 2.94. The molecule has 15 heavy (non-hydrogen) atoms. The van der Waals surface area contributed by atoms with E-state index >= 15 is 0 Å². The predicted octanol–water partition coefficient (Wildman–Crippen LogP) is 2.16. The third kappa shape index (κ3) is 2.17. The molecule has 2 rings (SSSR count). The molecule has 1 saturated heterocycles. The number of carbonyl (C=O) groups is 1. The fourth-order valence-electron chi connectivity index (χ4n) is 2.19. The van der Waals surface area contributed by atoms with Gasteiger partial charge in [-0.1, -0.05) is 6.07 Å². The van der Waals surface area contributed by atoms with Gasteiger partial charge in [-0.05, 0) is 31.4 Å². The first-order valence-electron chi connectivity index (χ1n) is 5.47. The minimum absolute atomic E-state index is 0.158. The highest BCUT2D eigenvalue weighted by molar-refractivity contribution is 5.73. The Morgan fingerprint density at radius 2 is 2.33 bits per heavy atom. The summed E-state index contributed by atoms with van der Waals surface area (Å²) in [5.41, 5.74) is 1.02. The highest BCUT2D eigenvalue weighted by Crippen LogP contribution is 2.29. The van der Waals surface area contributed by atoms with E-state index in [1.54, 1.807) is 13.1 Å². The molecule has 2 heterocycles. The molecule has 0 aromatic carbocycles. The van der Waals surface area contributed by atoms with E-state index < -0.39 is 0 Å². The molecule has 0 unspecified atom stereocenters. The normalized spacial score (nSPS) is 21.4. The number of amides is 1. The molecule has 1 aliphatic rings. The first-order valence-corrected chi connectivity index (χ1v) is 5.47. The third-order valence-electron chi connectivity index (χ3n) is 2.94. The van der Waals surface area contributed by atoms with Crippen LogP contribution in [0.15, 0.2) is 24.4 Å². The van der Waals surface area contributed by atoms with Gasteiger partial charge in [0, 0.05) is 19.7 Å². The first-order chi connectivity index (χ1) is 7.29. The van der Waals surface area contributed by atoms with Crippen molar-refractivity contribution in [2.24, 2.45) is 0 Å². The minimum atomic E-state index is 0.158. The van der Waals surface area contributed by atoms with Crippen molar-refractivity contribution < 1.29 is 4.79 Å². The van der Waals surface area contributed by atoms with E-state index in [1.165, 1.54) is 6.42 Å². The summed E-state index contributed by atoms with van der Waals surface area (Å²) in [6.07, 6.45) is 5.13. The molecule has 1 aromatic rings. The zero-order chi connectivity index (χ0) is 10.7. The number of pyridine rings is 1. The quantitative estimate of drug-likeness (QED) is 0.702. The summed E-state index contributed by atoms with van der Waals surface area (Å²) in [4.78, 5) is 17.8. The van der Waals surface area contributed by atoms with Gasteiger partial charge in [0.15, 0.2) is 0 Å². The molecule has 1 atom stereocenters. The van der Waals surface area contributed by atoms with E-state index in [0.29, 0.717) is 0 Å². The lowest BCUT2D eigenvalue weighted by Crippen LogP contribution is -2.37. The van der Waals surface area contributed by atoms with Crippen LogP contribution in [0, 0.1) is 0 Å². The van der Waals surface area contributed by atoms with Crippen molar-refractivity contribution in [1.29, 1.82) is 0 Å². The number of piperidine rings is 1. The fraction of sp³-hybridized carbons (Fsp3) is 0.500. The Balaban J connectivity index is 2.22. The Labute approximate surface area is 90.1 Å². The number of hydrogen-bond acceptors (Lipinski definition) is 2. The number of hydrogen-bond donors (Lipinski definition) is 0. The van der Waals surface area contributed by atoms with Crippen LogP contribution in [-0.2, 0) is 4.79 Å². The van der Waals surface area contributed by atoms with Crippen LogP contribution >= 0.6 is 0 Å². The molecule has 0 bridgehead atoms. The number of nitrogens with zero attached hydrogens (tertiary/aromatic N) is 2. The molecule has 0 spiro atoms. The maximum absolute atomic E-state index is 11.5. The van der Waals surface area contributed by atoms with E-state index in [9.17, 15) is 4.79 Å². The lowest BCUT2D eigenvalue weighted by atomic mass is 9.99. The average Bonchev–Trinajstić information content (AvgIpc) is 2.30. The summed E-state index contributed by atoms with van der Waals surface area (Å²) in [6, 6.07) is 6.09. The van der Waals surface area contributed by atoms with Crippen LogP contribution in [0.25, 0.3) is 0 Å². The van der Waals surface area contributed by atoms with Gasteiger partial charge in [0.25, 0.3) is 0 Å². The Kier molecular flexibility index (Phi) is 2.99. The SMILES string of the molecule is CC(=O)N1CCCC[C@@H]1c1ccccn1. The van der Waals surface area contributed by atoms with Crippen molar-refractivity contribution >= 4 is 5.91 Å². The van der Waals surface area contributed by atoms with Crippen LogP contribution in [0.5, 0.6) is 0 Å².